The lowest BCUT2D eigenvalue weighted by molar-refractivity contribution is -0.200. The van der Waals surface area contributed by atoms with Crippen molar-refractivity contribution in [1.29, 1.82) is 0 Å². The molecule has 12 heteroatoms. The van der Waals surface area contributed by atoms with Gasteiger partial charge in [-0.05, 0) is 44.7 Å². The van der Waals surface area contributed by atoms with Gasteiger partial charge in [-0.2, -0.15) is 17.5 Å². The second-order valence-corrected chi connectivity index (χ2v) is 11.7. The molecule has 0 bridgehead atoms. The molecule has 0 saturated carbocycles. The number of alkyl halides is 3. The molecule has 4 rings (SSSR count). The number of amides is 1. The van der Waals surface area contributed by atoms with E-state index in [-0.39, 0.29) is 5.92 Å². The SMILES string of the molecule is C[C@@H](OC(=O)N1CCC([C@@]2(C)Cc3cc(C4=CCN(S(C)(=O)=O)CC4)ncc3O2)CC1)C(F)(F)F. The van der Waals surface area contributed by atoms with E-state index in [0.717, 1.165) is 23.8 Å². The molecule has 1 fully saturated rings. The fourth-order valence-electron chi connectivity index (χ4n) is 4.93. The normalized spacial score (nSPS) is 25.0. The summed E-state index contributed by atoms with van der Waals surface area (Å²) in [5, 5.41) is 0. The van der Waals surface area contributed by atoms with Crippen LogP contribution in [0.2, 0.25) is 0 Å². The fraction of sp³-hybridized carbons (Fsp3) is 0.652. The van der Waals surface area contributed by atoms with E-state index >= 15 is 0 Å². The Morgan fingerprint density at radius 3 is 2.54 bits per heavy atom. The Morgan fingerprint density at radius 2 is 1.97 bits per heavy atom. The second kappa shape index (κ2) is 9.27. The Labute approximate surface area is 203 Å². The molecule has 0 radical (unpaired) electrons. The number of ether oxygens (including phenoxy) is 2. The first-order valence-corrected chi connectivity index (χ1v) is 13.5. The number of carbonyl (C=O) groups is 1. The molecular formula is C23H30F3N3O5S. The molecule has 0 unspecified atom stereocenters. The van der Waals surface area contributed by atoms with Crippen molar-refractivity contribution in [2.24, 2.45) is 5.92 Å². The first-order chi connectivity index (χ1) is 16.3. The fourth-order valence-corrected chi connectivity index (χ4v) is 5.70. The molecule has 0 aliphatic carbocycles. The Hall–Kier alpha value is -2.34. The third kappa shape index (κ3) is 5.58. The van der Waals surface area contributed by atoms with E-state index in [1.807, 2.05) is 19.1 Å². The van der Waals surface area contributed by atoms with Crippen molar-refractivity contribution in [3.05, 3.63) is 29.6 Å². The molecule has 8 nitrogen and oxygen atoms in total. The topological polar surface area (TPSA) is 89.0 Å². The van der Waals surface area contributed by atoms with Gasteiger partial charge in [-0.3, -0.25) is 4.98 Å². The molecular weight excluding hydrogens is 487 g/mol. The van der Waals surface area contributed by atoms with Crippen molar-refractivity contribution in [2.75, 3.05) is 32.4 Å². The number of pyridine rings is 1. The Balaban J connectivity index is 1.36. The maximum absolute atomic E-state index is 12.7. The van der Waals surface area contributed by atoms with Gasteiger partial charge in [0, 0.05) is 44.1 Å². The predicted octanol–water partition coefficient (Wildman–Crippen LogP) is 3.62. The minimum absolute atomic E-state index is 0.111. The number of halogens is 3. The Kier molecular flexibility index (Phi) is 6.82. The molecule has 1 aromatic heterocycles. The molecule has 2 atom stereocenters. The van der Waals surface area contributed by atoms with Gasteiger partial charge < -0.3 is 14.4 Å². The lowest BCUT2D eigenvalue weighted by Gasteiger charge is -2.39. The number of piperidine rings is 1. The van der Waals surface area contributed by atoms with Crippen LogP contribution in [0.5, 0.6) is 5.75 Å². The summed E-state index contributed by atoms with van der Waals surface area (Å²) in [6, 6.07) is 1.99. The van der Waals surface area contributed by atoms with Crippen molar-refractivity contribution in [3.8, 4) is 5.75 Å². The van der Waals surface area contributed by atoms with Gasteiger partial charge in [-0.25, -0.2) is 13.2 Å². The summed E-state index contributed by atoms with van der Waals surface area (Å²) in [5.74, 6) is 0.811. The standard InChI is InChI=1S/C23H30F3N3O5S/c1-15(23(24,25)26)33-21(30)28-8-6-18(7-9-28)22(2)13-17-12-19(27-14-20(17)34-22)16-4-10-29(11-5-16)35(3,31)32/h4,12,14-15,18H,5-11,13H2,1-3H3/t15-,22-/m1/s1. The van der Waals surface area contributed by atoms with Crippen LogP contribution in [0.1, 0.15) is 44.4 Å². The van der Waals surface area contributed by atoms with E-state index in [1.54, 1.807) is 6.20 Å². The number of hydrogen-bond acceptors (Lipinski definition) is 6. The molecule has 0 N–H and O–H groups in total. The van der Waals surface area contributed by atoms with Crippen LogP contribution < -0.4 is 4.74 Å². The van der Waals surface area contributed by atoms with Gasteiger partial charge >= 0.3 is 12.3 Å². The van der Waals surface area contributed by atoms with Crippen LogP contribution in [0.25, 0.3) is 5.57 Å². The number of nitrogens with zero attached hydrogens (tertiary/aromatic N) is 3. The van der Waals surface area contributed by atoms with Crippen LogP contribution >= 0.6 is 0 Å². The minimum Gasteiger partial charge on any atom is -0.485 e. The maximum atomic E-state index is 12.7. The molecule has 1 aromatic rings. The lowest BCUT2D eigenvalue weighted by atomic mass is 9.79. The van der Waals surface area contributed by atoms with Crippen LogP contribution in [0, 0.1) is 5.92 Å². The van der Waals surface area contributed by atoms with Crippen LogP contribution in [0.3, 0.4) is 0 Å². The van der Waals surface area contributed by atoms with Crippen LogP contribution in [-0.4, -0.2) is 79.0 Å². The van der Waals surface area contributed by atoms with E-state index < -0.39 is 34.0 Å². The summed E-state index contributed by atoms with van der Waals surface area (Å²) in [6.45, 7) is 4.18. The molecule has 35 heavy (non-hydrogen) atoms. The number of aromatic nitrogens is 1. The molecule has 0 aromatic carbocycles. The Bertz CT molecular complexity index is 1120. The van der Waals surface area contributed by atoms with Crippen molar-refractivity contribution >= 4 is 21.7 Å². The van der Waals surface area contributed by atoms with Crippen molar-refractivity contribution < 1.29 is 35.9 Å². The molecule has 194 valence electrons. The van der Waals surface area contributed by atoms with Gasteiger partial charge in [0.15, 0.2) is 6.10 Å². The largest absolute Gasteiger partial charge is 0.485 e. The average Bonchev–Trinajstić information content (AvgIpc) is 3.14. The van der Waals surface area contributed by atoms with E-state index in [1.165, 1.54) is 15.5 Å². The molecule has 3 aliphatic heterocycles. The van der Waals surface area contributed by atoms with Gasteiger partial charge in [0.25, 0.3) is 0 Å². The van der Waals surface area contributed by atoms with Gasteiger partial charge in [0.2, 0.25) is 10.0 Å². The van der Waals surface area contributed by atoms with Crippen molar-refractivity contribution in [3.63, 3.8) is 0 Å². The number of likely N-dealkylation sites (tertiary alicyclic amines) is 1. The third-order valence-corrected chi connectivity index (χ3v) is 8.43. The lowest BCUT2D eigenvalue weighted by Crippen LogP contribution is -2.48. The number of rotatable bonds is 4. The summed E-state index contributed by atoms with van der Waals surface area (Å²) < 4.78 is 73.8. The first-order valence-electron chi connectivity index (χ1n) is 11.6. The van der Waals surface area contributed by atoms with Crippen LogP contribution in [-0.2, 0) is 21.2 Å². The predicted molar refractivity (Wildman–Crippen MR) is 122 cm³/mol. The highest BCUT2D eigenvalue weighted by molar-refractivity contribution is 7.88. The van der Waals surface area contributed by atoms with E-state index in [2.05, 4.69) is 9.72 Å². The minimum atomic E-state index is -4.58. The second-order valence-electron chi connectivity index (χ2n) is 9.70. The van der Waals surface area contributed by atoms with E-state index in [9.17, 15) is 26.4 Å². The van der Waals surface area contributed by atoms with Crippen molar-refractivity contribution in [2.45, 2.75) is 57.4 Å². The summed E-state index contributed by atoms with van der Waals surface area (Å²) in [4.78, 5) is 18.0. The smallest absolute Gasteiger partial charge is 0.425 e. The number of fused-ring (bicyclic) bond motifs is 1. The molecule has 1 saturated heterocycles. The quantitative estimate of drug-likeness (QED) is 0.606. The number of carbonyl (C=O) groups excluding carboxylic acids is 1. The molecule has 1 amide bonds. The van der Waals surface area contributed by atoms with Crippen molar-refractivity contribution in [1.82, 2.24) is 14.2 Å². The van der Waals surface area contributed by atoms with Gasteiger partial charge in [-0.1, -0.05) is 6.08 Å². The maximum Gasteiger partial charge on any atom is 0.425 e. The van der Waals surface area contributed by atoms with Gasteiger partial charge in [0.1, 0.15) is 11.4 Å². The van der Waals surface area contributed by atoms with Crippen LogP contribution in [0.15, 0.2) is 18.3 Å². The van der Waals surface area contributed by atoms with Crippen LogP contribution in [0.4, 0.5) is 18.0 Å². The highest BCUT2D eigenvalue weighted by atomic mass is 32.2. The zero-order chi connectivity index (χ0) is 25.6. The zero-order valence-corrected chi connectivity index (χ0v) is 20.8. The van der Waals surface area contributed by atoms with Gasteiger partial charge in [0.05, 0.1) is 18.1 Å². The molecule has 3 aliphatic rings. The summed E-state index contributed by atoms with van der Waals surface area (Å²) in [5.41, 5.74) is 2.32. The van der Waals surface area contributed by atoms with E-state index in [0.29, 0.717) is 57.6 Å². The summed E-state index contributed by atoms with van der Waals surface area (Å²) >= 11 is 0. The summed E-state index contributed by atoms with van der Waals surface area (Å²) in [7, 11) is -3.22. The van der Waals surface area contributed by atoms with Gasteiger partial charge in [-0.15, -0.1) is 0 Å². The monoisotopic (exact) mass is 517 g/mol. The number of sulfonamides is 1. The molecule has 0 spiro atoms. The number of hydrogen-bond donors (Lipinski definition) is 0. The Morgan fingerprint density at radius 1 is 1.29 bits per heavy atom. The highest BCUT2D eigenvalue weighted by Gasteiger charge is 2.45. The first kappa shape index (κ1) is 25.7. The average molecular weight is 518 g/mol. The highest BCUT2D eigenvalue weighted by Crippen LogP contribution is 2.43. The third-order valence-electron chi connectivity index (χ3n) is 7.16. The zero-order valence-electron chi connectivity index (χ0n) is 20.0. The molecule has 4 heterocycles. The van der Waals surface area contributed by atoms with E-state index in [4.69, 9.17) is 4.74 Å². The summed E-state index contributed by atoms with van der Waals surface area (Å²) in [6.07, 6.45) is -0.467.